The Morgan fingerprint density at radius 3 is 2.53 bits per heavy atom. The lowest BCUT2D eigenvalue weighted by Gasteiger charge is -2.32. The Balaban J connectivity index is 2.03. The third kappa shape index (κ3) is 2.41. The highest BCUT2D eigenvalue weighted by atomic mass is 16.6. The fraction of sp³-hybridized carbons (Fsp3) is 0.923. The predicted molar refractivity (Wildman–Crippen MR) is 66.7 cm³/mol. The summed E-state index contributed by atoms with van der Waals surface area (Å²) >= 11 is 0. The number of ether oxygens (including phenoxy) is 1. The van der Waals surface area contributed by atoms with E-state index >= 15 is 0 Å². The van der Waals surface area contributed by atoms with E-state index in [1.165, 1.54) is 0 Å². The fourth-order valence-electron chi connectivity index (χ4n) is 2.80. The van der Waals surface area contributed by atoms with E-state index in [-0.39, 0.29) is 17.7 Å². The number of hydrogen-bond acceptors (Lipinski definition) is 3. The lowest BCUT2D eigenvalue weighted by Crippen LogP contribution is -2.50. The van der Waals surface area contributed by atoms with E-state index in [4.69, 9.17) is 10.5 Å². The molecule has 1 aliphatic carbocycles. The third-order valence-electron chi connectivity index (χ3n) is 3.92. The average Bonchev–Trinajstić information content (AvgIpc) is 2.66. The first-order chi connectivity index (χ1) is 7.74. The topological polar surface area (TPSA) is 55.6 Å². The highest BCUT2D eigenvalue weighted by Gasteiger charge is 2.57. The molecule has 0 spiro atoms. The number of nitrogens with zero attached hydrogens (tertiary/aromatic N) is 1. The van der Waals surface area contributed by atoms with Crippen molar-refractivity contribution in [2.45, 2.75) is 64.1 Å². The maximum Gasteiger partial charge on any atom is 0.410 e. The molecule has 1 saturated carbocycles. The summed E-state index contributed by atoms with van der Waals surface area (Å²) in [7, 11) is 0. The van der Waals surface area contributed by atoms with Gasteiger partial charge < -0.3 is 15.4 Å². The van der Waals surface area contributed by atoms with E-state index in [2.05, 4.69) is 6.92 Å². The van der Waals surface area contributed by atoms with Gasteiger partial charge in [-0.3, -0.25) is 0 Å². The summed E-state index contributed by atoms with van der Waals surface area (Å²) in [6.45, 7) is 8.63. The second-order valence-electron chi connectivity index (χ2n) is 6.55. The maximum absolute atomic E-state index is 12.1. The largest absolute Gasteiger partial charge is 0.444 e. The molecule has 4 heteroatoms. The second kappa shape index (κ2) is 3.87. The minimum Gasteiger partial charge on any atom is -0.444 e. The predicted octanol–water partition coefficient (Wildman–Crippen LogP) is 2.12. The highest BCUT2D eigenvalue weighted by Crippen LogP contribution is 2.48. The first-order valence-corrected chi connectivity index (χ1v) is 6.52. The van der Waals surface area contributed by atoms with Gasteiger partial charge in [0.05, 0.1) is 6.04 Å². The standard InChI is InChI=1S/C13H24N2O2/c1-9-8-13(9,14)10-6-5-7-15(10)11(16)17-12(2,3)4/h9-10H,5-8,14H2,1-4H3. The lowest BCUT2D eigenvalue weighted by molar-refractivity contribution is 0.0193. The molecule has 3 unspecified atom stereocenters. The Labute approximate surface area is 103 Å². The van der Waals surface area contributed by atoms with Crippen LogP contribution in [0, 0.1) is 5.92 Å². The first-order valence-electron chi connectivity index (χ1n) is 6.52. The Morgan fingerprint density at radius 1 is 1.47 bits per heavy atom. The van der Waals surface area contributed by atoms with Crippen LogP contribution in [0.1, 0.15) is 47.0 Å². The van der Waals surface area contributed by atoms with Gasteiger partial charge in [0.2, 0.25) is 0 Å². The number of nitrogens with two attached hydrogens (primary N) is 1. The smallest absolute Gasteiger partial charge is 0.410 e. The normalized spacial score (nSPS) is 37.1. The van der Waals surface area contributed by atoms with Crippen LogP contribution in [0.5, 0.6) is 0 Å². The van der Waals surface area contributed by atoms with E-state index < -0.39 is 5.60 Å². The number of amides is 1. The van der Waals surface area contributed by atoms with Gasteiger partial charge in [0, 0.05) is 12.1 Å². The molecule has 1 saturated heterocycles. The molecule has 3 atom stereocenters. The number of carbonyl (C=O) groups excluding carboxylic acids is 1. The highest BCUT2D eigenvalue weighted by molar-refractivity contribution is 5.69. The molecule has 4 nitrogen and oxygen atoms in total. The molecule has 2 rings (SSSR count). The quantitative estimate of drug-likeness (QED) is 0.764. The van der Waals surface area contributed by atoms with Gasteiger partial charge in [-0.25, -0.2) is 4.79 Å². The SMILES string of the molecule is CC1CC1(N)C1CCCN1C(=O)OC(C)(C)C. The van der Waals surface area contributed by atoms with Crippen LogP contribution in [0.2, 0.25) is 0 Å². The van der Waals surface area contributed by atoms with Crippen LogP contribution < -0.4 is 5.73 Å². The molecule has 2 fully saturated rings. The molecule has 1 amide bonds. The summed E-state index contributed by atoms with van der Waals surface area (Å²) in [6, 6.07) is 0.173. The van der Waals surface area contributed by atoms with Gasteiger partial charge in [-0.05, 0) is 46.0 Å². The Morgan fingerprint density at radius 2 is 2.06 bits per heavy atom. The van der Waals surface area contributed by atoms with Crippen molar-refractivity contribution in [1.82, 2.24) is 4.90 Å². The molecule has 2 N–H and O–H groups in total. The minimum absolute atomic E-state index is 0.159. The second-order valence-corrected chi connectivity index (χ2v) is 6.55. The molecular weight excluding hydrogens is 216 g/mol. The number of rotatable bonds is 1. The van der Waals surface area contributed by atoms with Crippen LogP contribution in [0.25, 0.3) is 0 Å². The average molecular weight is 240 g/mol. The van der Waals surface area contributed by atoms with Crippen molar-refractivity contribution >= 4 is 6.09 Å². The number of hydrogen-bond donors (Lipinski definition) is 1. The summed E-state index contributed by atoms with van der Waals surface area (Å²) < 4.78 is 5.44. The summed E-state index contributed by atoms with van der Waals surface area (Å²) in [4.78, 5) is 13.9. The van der Waals surface area contributed by atoms with E-state index in [1.54, 1.807) is 0 Å². The first kappa shape index (κ1) is 12.7. The fourth-order valence-corrected chi connectivity index (χ4v) is 2.80. The van der Waals surface area contributed by atoms with Crippen molar-refractivity contribution in [3.05, 3.63) is 0 Å². The van der Waals surface area contributed by atoms with Gasteiger partial charge in [0.15, 0.2) is 0 Å². The van der Waals surface area contributed by atoms with E-state index in [0.29, 0.717) is 5.92 Å². The number of likely N-dealkylation sites (tertiary alicyclic amines) is 1. The van der Waals surface area contributed by atoms with Crippen LogP contribution >= 0.6 is 0 Å². The molecule has 98 valence electrons. The monoisotopic (exact) mass is 240 g/mol. The zero-order chi connectivity index (χ0) is 12.8. The van der Waals surface area contributed by atoms with Gasteiger partial charge in [0.1, 0.15) is 5.60 Å². The minimum atomic E-state index is -0.429. The third-order valence-corrected chi connectivity index (χ3v) is 3.92. The molecule has 1 heterocycles. The summed E-state index contributed by atoms with van der Waals surface area (Å²) in [6.07, 6.45) is 2.87. The van der Waals surface area contributed by atoms with E-state index in [9.17, 15) is 4.79 Å². The molecule has 0 aromatic rings. The van der Waals surface area contributed by atoms with E-state index in [0.717, 1.165) is 25.8 Å². The van der Waals surface area contributed by atoms with Crippen LogP contribution in [0.3, 0.4) is 0 Å². The van der Waals surface area contributed by atoms with Crippen molar-refractivity contribution in [3.63, 3.8) is 0 Å². The summed E-state index contributed by atoms with van der Waals surface area (Å²) in [5.74, 6) is 0.524. The van der Waals surface area contributed by atoms with Crippen molar-refractivity contribution < 1.29 is 9.53 Å². The Hall–Kier alpha value is -0.770. The van der Waals surface area contributed by atoms with Crippen LogP contribution in [-0.4, -0.2) is 34.7 Å². The zero-order valence-electron chi connectivity index (χ0n) is 11.3. The molecule has 0 aromatic heterocycles. The van der Waals surface area contributed by atoms with E-state index in [1.807, 2.05) is 25.7 Å². The van der Waals surface area contributed by atoms with Gasteiger partial charge in [-0.2, -0.15) is 0 Å². The molecule has 2 aliphatic rings. The van der Waals surface area contributed by atoms with Gasteiger partial charge in [-0.15, -0.1) is 0 Å². The molecular formula is C13H24N2O2. The Bertz CT molecular complexity index is 324. The van der Waals surface area contributed by atoms with Gasteiger partial charge >= 0.3 is 6.09 Å². The Kier molecular flexibility index (Phi) is 2.89. The van der Waals surface area contributed by atoms with Gasteiger partial charge in [-0.1, -0.05) is 6.92 Å². The van der Waals surface area contributed by atoms with Crippen molar-refractivity contribution in [2.24, 2.45) is 11.7 Å². The van der Waals surface area contributed by atoms with Crippen LogP contribution in [-0.2, 0) is 4.74 Å². The van der Waals surface area contributed by atoms with Crippen LogP contribution in [0.4, 0.5) is 4.79 Å². The van der Waals surface area contributed by atoms with Crippen molar-refractivity contribution in [2.75, 3.05) is 6.54 Å². The lowest BCUT2D eigenvalue weighted by atomic mass is 10.0. The summed E-state index contributed by atoms with van der Waals surface area (Å²) in [5, 5.41) is 0. The molecule has 0 radical (unpaired) electrons. The molecule has 17 heavy (non-hydrogen) atoms. The molecule has 1 aliphatic heterocycles. The maximum atomic E-state index is 12.1. The zero-order valence-corrected chi connectivity index (χ0v) is 11.3. The van der Waals surface area contributed by atoms with Gasteiger partial charge in [0.25, 0.3) is 0 Å². The van der Waals surface area contributed by atoms with Crippen LogP contribution in [0.15, 0.2) is 0 Å². The summed E-state index contributed by atoms with van der Waals surface area (Å²) in [5.41, 5.74) is 5.75. The van der Waals surface area contributed by atoms with Crippen molar-refractivity contribution in [1.29, 1.82) is 0 Å². The number of carbonyl (C=O) groups is 1. The molecule has 0 aromatic carbocycles. The molecule has 0 bridgehead atoms. The van der Waals surface area contributed by atoms with Crippen molar-refractivity contribution in [3.8, 4) is 0 Å².